The lowest BCUT2D eigenvalue weighted by Gasteiger charge is -2.01. The van der Waals surface area contributed by atoms with Crippen molar-refractivity contribution < 1.29 is 14.0 Å². The lowest BCUT2D eigenvalue weighted by Crippen LogP contribution is -2.02. The lowest BCUT2D eigenvalue weighted by atomic mass is 10.0. The summed E-state index contributed by atoms with van der Waals surface area (Å²) in [5, 5.41) is 7.63. The van der Waals surface area contributed by atoms with E-state index < -0.39 is 16.6 Å². The molecule has 0 amide bonds. The van der Waals surface area contributed by atoms with Gasteiger partial charge < -0.3 is 0 Å². The van der Waals surface area contributed by atoms with Gasteiger partial charge in [-0.2, -0.15) is 5.26 Å². The van der Waals surface area contributed by atoms with Gasteiger partial charge in [-0.05, 0) is 23.7 Å². The molecule has 0 saturated carbocycles. The Labute approximate surface area is 83.7 Å². The summed E-state index contributed by atoms with van der Waals surface area (Å²) in [6, 6.07) is 3.48. The number of rotatable bonds is 2. The molecule has 0 unspecified atom stereocenters. The molecule has 0 heterocycles. The van der Waals surface area contributed by atoms with Gasteiger partial charge in [0.05, 0.1) is 5.56 Å². The smallest absolute Gasteiger partial charge is 0.253 e. The minimum atomic E-state index is -0.899. The second-order valence-corrected chi connectivity index (χ2v) is 2.73. The van der Waals surface area contributed by atoms with Crippen LogP contribution in [0.3, 0.4) is 0 Å². The van der Waals surface area contributed by atoms with Gasteiger partial charge in [0.25, 0.3) is 5.24 Å². The first kappa shape index (κ1) is 10.4. The molecule has 5 heteroatoms. The zero-order valence-corrected chi connectivity index (χ0v) is 7.51. The molecule has 0 aliphatic rings. The van der Waals surface area contributed by atoms with Crippen molar-refractivity contribution in [3.05, 3.63) is 34.6 Å². The van der Waals surface area contributed by atoms with Gasteiger partial charge in [-0.25, -0.2) is 4.39 Å². The van der Waals surface area contributed by atoms with Crippen LogP contribution in [0, 0.1) is 17.1 Å². The van der Waals surface area contributed by atoms with E-state index in [4.69, 9.17) is 16.9 Å². The Hall–Kier alpha value is -1.73. The molecule has 0 spiro atoms. The van der Waals surface area contributed by atoms with Crippen LogP contribution in [0.1, 0.15) is 26.3 Å². The topological polar surface area (TPSA) is 57.9 Å². The van der Waals surface area contributed by atoms with Crippen LogP contribution in [0.2, 0.25) is 0 Å². The van der Waals surface area contributed by atoms with Crippen LogP contribution in [0.4, 0.5) is 4.39 Å². The van der Waals surface area contributed by atoms with E-state index >= 15 is 0 Å². The average molecular weight is 212 g/mol. The Morgan fingerprint density at radius 2 is 2.21 bits per heavy atom. The first-order valence-electron chi connectivity index (χ1n) is 3.49. The summed E-state index contributed by atoms with van der Waals surface area (Å²) in [5.74, 6) is -0.851. The summed E-state index contributed by atoms with van der Waals surface area (Å²) in [6.07, 6.45) is 0.233. The number of carbonyl (C=O) groups excluding carboxylic acids is 2. The number of nitrogens with zero attached hydrogens (tertiary/aromatic N) is 1. The molecule has 0 saturated heterocycles. The van der Waals surface area contributed by atoms with Gasteiger partial charge in [0.1, 0.15) is 11.9 Å². The third-order valence-electron chi connectivity index (χ3n) is 1.64. The fraction of sp³-hybridized carbons (Fsp3) is 0. The standard InChI is InChI=1S/C9H3ClFNO2/c10-9(14)5-1-2-8(11)6(3-12)7(5)4-13/h1-2,4H. The van der Waals surface area contributed by atoms with E-state index in [0.717, 1.165) is 12.1 Å². The van der Waals surface area contributed by atoms with Crippen molar-refractivity contribution in [2.24, 2.45) is 0 Å². The normalized spacial score (nSPS) is 9.21. The van der Waals surface area contributed by atoms with Crippen LogP contribution in [0.15, 0.2) is 12.1 Å². The Kier molecular flexibility index (Phi) is 2.95. The first-order valence-corrected chi connectivity index (χ1v) is 3.87. The van der Waals surface area contributed by atoms with Gasteiger partial charge in [-0.15, -0.1) is 0 Å². The van der Waals surface area contributed by atoms with Crippen molar-refractivity contribution in [3.63, 3.8) is 0 Å². The Balaban J connectivity index is 3.58. The second-order valence-electron chi connectivity index (χ2n) is 2.39. The predicted octanol–water partition coefficient (Wildman–Crippen LogP) is 1.89. The molecule has 0 aromatic heterocycles. The largest absolute Gasteiger partial charge is 0.298 e. The van der Waals surface area contributed by atoms with Gasteiger partial charge in [0.15, 0.2) is 6.29 Å². The van der Waals surface area contributed by atoms with E-state index in [9.17, 15) is 14.0 Å². The molecular weight excluding hydrogens is 209 g/mol. The highest BCUT2D eigenvalue weighted by Crippen LogP contribution is 2.17. The van der Waals surface area contributed by atoms with Gasteiger partial charge in [-0.1, -0.05) is 0 Å². The van der Waals surface area contributed by atoms with Gasteiger partial charge in [0.2, 0.25) is 0 Å². The maximum atomic E-state index is 12.9. The maximum absolute atomic E-state index is 12.9. The highest BCUT2D eigenvalue weighted by molar-refractivity contribution is 6.68. The Morgan fingerprint density at radius 1 is 1.57 bits per heavy atom. The van der Waals surface area contributed by atoms with Crippen molar-refractivity contribution in [3.8, 4) is 6.07 Å². The number of carbonyl (C=O) groups is 2. The Morgan fingerprint density at radius 3 is 2.64 bits per heavy atom. The van der Waals surface area contributed by atoms with Gasteiger partial charge >= 0.3 is 0 Å². The fourth-order valence-electron chi connectivity index (χ4n) is 1.00. The molecule has 0 aliphatic carbocycles. The highest BCUT2D eigenvalue weighted by Gasteiger charge is 2.16. The molecule has 1 rings (SSSR count). The first-order chi connectivity index (χ1) is 6.61. The predicted molar refractivity (Wildman–Crippen MR) is 46.7 cm³/mol. The zero-order chi connectivity index (χ0) is 10.7. The quantitative estimate of drug-likeness (QED) is 0.554. The van der Waals surface area contributed by atoms with Crippen LogP contribution < -0.4 is 0 Å². The summed E-state index contributed by atoms with van der Waals surface area (Å²) in [4.78, 5) is 21.3. The molecule has 0 atom stereocenters. The van der Waals surface area contributed by atoms with Crippen LogP contribution in [-0.2, 0) is 0 Å². The highest BCUT2D eigenvalue weighted by atomic mass is 35.5. The minimum absolute atomic E-state index is 0.167. The molecule has 1 aromatic carbocycles. The van der Waals surface area contributed by atoms with E-state index in [0.29, 0.717) is 0 Å². The SMILES string of the molecule is N#Cc1c(F)ccc(C(=O)Cl)c1C=O. The van der Waals surface area contributed by atoms with Crippen LogP contribution in [0.25, 0.3) is 0 Å². The summed E-state index contributed by atoms with van der Waals surface area (Å²) in [6.45, 7) is 0. The summed E-state index contributed by atoms with van der Waals surface area (Å²) < 4.78 is 12.9. The number of nitriles is 1. The molecule has 14 heavy (non-hydrogen) atoms. The van der Waals surface area contributed by atoms with E-state index in [2.05, 4.69) is 0 Å². The third-order valence-corrected chi connectivity index (χ3v) is 1.84. The number of benzene rings is 1. The van der Waals surface area contributed by atoms with Crippen molar-refractivity contribution in [2.45, 2.75) is 0 Å². The summed E-state index contributed by atoms with van der Waals surface area (Å²) in [7, 11) is 0. The summed E-state index contributed by atoms with van der Waals surface area (Å²) >= 11 is 5.14. The lowest BCUT2D eigenvalue weighted by molar-refractivity contribution is 0.106. The molecule has 3 nitrogen and oxygen atoms in total. The maximum Gasteiger partial charge on any atom is 0.253 e. The van der Waals surface area contributed by atoms with Crippen LogP contribution in [0.5, 0.6) is 0 Å². The number of hydrogen-bond donors (Lipinski definition) is 0. The Bertz CT molecular complexity index is 451. The number of halogens is 2. The van der Waals surface area contributed by atoms with Crippen molar-refractivity contribution in [1.29, 1.82) is 5.26 Å². The number of hydrogen-bond acceptors (Lipinski definition) is 3. The summed E-state index contributed by atoms with van der Waals surface area (Å²) in [5.41, 5.74) is -0.946. The molecule has 0 N–H and O–H groups in total. The third kappa shape index (κ3) is 1.63. The van der Waals surface area contributed by atoms with E-state index in [-0.39, 0.29) is 17.4 Å². The molecular formula is C9H3ClFNO2. The molecule has 0 aliphatic heterocycles. The van der Waals surface area contributed by atoms with Gasteiger partial charge in [0, 0.05) is 11.1 Å². The van der Waals surface area contributed by atoms with E-state index in [1.165, 1.54) is 6.07 Å². The molecule has 0 radical (unpaired) electrons. The minimum Gasteiger partial charge on any atom is -0.298 e. The van der Waals surface area contributed by atoms with Crippen LogP contribution in [-0.4, -0.2) is 11.5 Å². The fourth-order valence-corrected chi connectivity index (χ4v) is 1.17. The van der Waals surface area contributed by atoms with E-state index in [1.54, 1.807) is 0 Å². The number of aldehydes is 1. The second kappa shape index (κ2) is 3.99. The van der Waals surface area contributed by atoms with Crippen molar-refractivity contribution in [1.82, 2.24) is 0 Å². The molecule has 0 bridgehead atoms. The van der Waals surface area contributed by atoms with Crippen molar-refractivity contribution >= 4 is 23.1 Å². The van der Waals surface area contributed by atoms with Crippen LogP contribution >= 0.6 is 11.6 Å². The van der Waals surface area contributed by atoms with E-state index in [1.807, 2.05) is 0 Å². The molecule has 1 aromatic rings. The zero-order valence-electron chi connectivity index (χ0n) is 6.75. The van der Waals surface area contributed by atoms with Gasteiger partial charge in [-0.3, -0.25) is 9.59 Å². The molecule has 70 valence electrons. The molecule has 0 fully saturated rings. The monoisotopic (exact) mass is 211 g/mol. The van der Waals surface area contributed by atoms with Crippen molar-refractivity contribution in [2.75, 3.05) is 0 Å². The average Bonchev–Trinajstić information content (AvgIpc) is 2.16.